The molecule has 0 bridgehead atoms. The topological polar surface area (TPSA) is 73.2 Å². The van der Waals surface area contributed by atoms with Gasteiger partial charge in [-0.2, -0.15) is 5.10 Å². The maximum Gasteiger partial charge on any atom is 0.342 e. The molecule has 1 atom stereocenters. The van der Waals surface area contributed by atoms with E-state index in [-0.39, 0.29) is 5.91 Å². The fourth-order valence-electron chi connectivity index (χ4n) is 2.37. The van der Waals surface area contributed by atoms with Crippen molar-refractivity contribution in [2.45, 2.75) is 19.6 Å². The predicted octanol–water partition coefficient (Wildman–Crippen LogP) is 3.12. The highest BCUT2D eigenvalue weighted by Gasteiger charge is 2.20. The Morgan fingerprint density at radius 2 is 1.73 bits per heavy atom. The average Bonchev–Trinajstić information content (AvgIpc) is 3.12. The number of amides is 1. The second kappa shape index (κ2) is 8.11. The molecule has 0 saturated heterocycles. The summed E-state index contributed by atoms with van der Waals surface area (Å²) in [5.41, 5.74) is 2.03. The number of nitrogens with zero attached hydrogens (tertiary/aromatic N) is 2. The molecule has 1 N–H and O–H groups in total. The van der Waals surface area contributed by atoms with Crippen molar-refractivity contribution in [1.29, 1.82) is 0 Å². The highest BCUT2D eigenvalue weighted by Crippen LogP contribution is 2.09. The van der Waals surface area contributed by atoms with Gasteiger partial charge in [0, 0.05) is 11.9 Å². The standard InChI is InChI=1S/C20H19N3O3/c1-15(19(24)22-18-10-6-3-7-11-18)26-20(25)17-12-21-23(14-17)13-16-8-4-2-5-9-16/h2-12,14-15H,13H2,1H3,(H,22,24). The lowest BCUT2D eigenvalue weighted by Crippen LogP contribution is -2.29. The molecular weight excluding hydrogens is 330 g/mol. The van der Waals surface area contributed by atoms with Crippen molar-refractivity contribution < 1.29 is 14.3 Å². The predicted molar refractivity (Wildman–Crippen MR) is 97.7 cm³/mol. The Labute approximate surface area is 151 Å². The molecule has 132 valence electrons. The Morgan fingerprint density at radius 3 is 2.42 bits per heavy atom. The molecule has 0 radical (unpaired) electrons. The van der Waals surface area contributed by atoms with Crippen LogP contribution in [0.4, 0.5) is 5.69 Å². The molecular formula is C20H19N3O3. The molecule has 6 nitrogen and oxygen atoms in total. The second-order valence-electron chi connectivity index (χ2n) is 5.82. The number of carbonyl (C=O) groups excluding carboxylic acids is 2. The van der Waals surface area contributed by atoms with Crippen LogP contribution in [-0.4, -0.2) is 27.8 Å². The average molecular weight is 349 g/mol. The van der Waals surface area contributed by atoms with Gasteiger partial charge in [-0.05, 0) is 24.6 Å². The summed E-state index contributed by atoms with van der Waals surface area (Å²) >= 11 is 0. The minimum absolute atomic E-state index is 0.306. The quantitative estimate of drug-likeness (QED) is 0.694. The molecule has 6 heteroatoms. The van der Waals surface area contributed by atoms with Crippen molar-refractivity contribution in [1.82, 2.24) is 9.78 Å². The number of hydrogen-bond acceptors (Lipinski definition) is 4. The lowest BCUT2D eigenvalue weighted by atomic mass is 10.2. The molecule has 1 heterocycles. The van der Waals surface area contributed by atoms with Crippen LogP contribution in [0.1, 0.15) is 22.8 Å². The molecule has 0 spiro atoms. The molecule has 1 aromatic heterocycles. The Morgan fingerprint density at radius 1 is 1.08 bits per heavy atom. The zero-order chi connectivity index (χ0) is 18.4. The zero-order valence-electron chi connectivity index (χ0n) is 14.3. The largest absolute Gasteiger partial charge is 0.449 e. The van der Waals surface area contributed by atoms with E-state index in [1.54, 1.807) is 23.0 Å². The van der Waals surface area contributed by atoms with Crippen LogP contribution in [0, 0.1) is 0 Å². The first-order valence-electron chi connectivity index (χ1n) is 8.25. The van der Waals surface area contributed by atoms with Gasteiger partial charge in [-0.15, -0.1) is 0 Å². The van der Waals surface area contributed by atoms with Gasteiger partial charge < -0.3 is 10.1 Å². The molecule has 0 aliphatic heterocycles. The number of carbonyl (C=O) groups is 2. The number of para-hydroxylation sites is 1. The van der Waals surface area contributed by atoms with E-state index in [9.17, 15) is 9.59 Å². The van der Waals surface area contributed by atoms with E-state index in [0.29, 0.717) is 17.8 Å². The van der Waals surface area contributed by atoms with Gasteiger partial charge in [0.15, 0.2) is 6.10 Å². The molecule has 3 rings (SSSR count). The van der Waals surface area contributed by atoms with E-state index in [0.717, 1.165) is 5.56 Å². The number of esters is 1. The summed E-state index contributed by atoms with van der Waals surface area (Å²) in [6.45, 7) is 2.09. The molecule has 1 amide bonds. The van der Waals surface area contributed by atoms with Crippen molar-refractivity contribution >= 4 is 17.6 Å². The minimum atomic E-state index is -0.917. The molecule has 0 aliphatic carbocycles. The zero-order valence-corrected chi connectivity index (χ0v) is 14.3. The fourth-order valence-corrected chi connectivity index (χ4v) is 2.37. The molecule has 26 heavy (non-hydrogen) atoms. The molecule has 1 unspecified atom stereocenters. The minimum Gasteiger partial charge on any atom is -0.449 e. The molecule has 2 aromatic carbocycles. The maximum atomic E-state index is 12.2. The van der Waals surface area contributed by atoms with Crippen molar-refractivity contribution in [3.8, 4) is 0 Å². The first-order valence-corrected chi connectivity index (χ1v) is 8.25. The Hall–Kier alpha value is -3.41. The van der Waals surface area contributed by atoms with Crippen molar-refractivity contribution in [2.75, 3.05) is 5.32 Å². The van der Waals surface area contributed by atoms with Gasteiger partial charge in [-0.1, -0.05) is 48.5 Å². The number of aromatic nitrogens is 2. The van der Waals surface area contributed by atoms with Crippen LogP contribution in [0.15, 0.2) is 73.1 Å². The van der Waals surface area contributed by atoms with Crippen LogP contribution in [0.3, 0.4) is 0 Å². The van der Waals surface area contributed by atoms with Crippen LogP contribution >= 0.6 is 0 Å². The molecule has 3 aromatic rings. The summed E-state index contributed by atoms with van der Waals surface area (Å²) in [4.78, 5) is 24.3. The summed E-state index contributed by atoms with van der Waals surface area (Å²) in [7, 11) is 0. The Bertz CT molecular complexity index is 876. The van der Waals surface area contributed by atoms with Crippen LogP contribution < -0.4 is 5.32 Å². The summed E-state index contributed by atoms with van der Waals surface area (Å²) in [5.74, 6) is -0.971. The van der Waals surface area contributed by atoms with Crippen LogP contribution in [0.25, 0.3) is 0 Å². The fraction of sp³-hybridized carbons (Fsp3) is 0.150. The molecule has 0 aliphatic rings. The summed E-state index contributed by atoms with van der Waals surface area (Å²) < 4.78 is 6.88. The van der Waals surface area contributed by atoms with Crippen LogP contribution in [0.2, 0.25) is 0 Å². The number of hydrogen-bond donors (Lipinski definition) is 1. The number of nitrogens with one attached hydrogen (secondary N) is 1. The summed E-state index contributed by atoms with van der Waals surface area (Å²) in [6.07, 6.45) is 2.13. The first kappa shape index (κ1) is 17.4. The van der Waals surface area contributed by atoms with Gasteiger partial charge in [-0.3, -0.25) is 9.48 Å². The Kier molecular flexibility index (Phi) is 5.43. The third kappa shape index (κ3) is 4.57. The van der Waals surface area contributed by atoms with E-state index in [4.69, 9.17) is 4.74 Å². The number of ether oxygens (including phenoxy) is 1. The van der Waals surface area contributed by atoms with Gasteiger partial charge in [0.25, 0.3) is 5.91 Å². The normalized spacial score (nSPS) is 11.6. The Balaban J connectivity index is 1.56. The smallest absolute Gasteiger partial charge is 0.342 e. The summed E-state index contributed by atoms with van der Waals surface area (Å²) in [5, 5.41) is 6.87. The van der Waals surface area contributed by atoms with E-state index >= 15 is 0 Å². The van der Waals surface area contributed by atoms with Crippen LogP contribution in [-0.2, 0) is 16.1 Å². The highest BCUT2D eigenvalue weighted by atomic mass is 16.5. The van der Waals surface area contributed by atoms with Crippen molar-refractivity contribution in [3.63, 3.8) is 0 Å². The third-order valence-corrected chi connectivity index (χ3v) is 3.75. The van der Waals surface area contributed by atoms with Gasteiger partial charge in [0.05, 0.1) is 18.3 Å². The van der Waals surface area contributed by atoms with Gasteiger partial charge in [0.1, 0.15) is 0 Å². The van der Waals surface area contributed by atoms with E-state index in [2.05, 4.69) is 10.4 Å². The second-order valence-corrected chi connectivity index (χ2v) is 5.82. The molecule has 0 fully saturated rings. The molecule has 0 saturated carbocycles. The van der Waals surface area contributed by atoms with Crippen molar-refractivity contribution in [3.05, 3.63) is 84.2 Å². The van der Waals surface area contributed by atoms with Crippen molar-refractivity contribution in [2.24, 2.45) is 0 Å². The number of anilines is 1. The van der Waals surface area contributed by atoms with Gasteiger partial charge >= 0.3 is 5.97 Å². The summed E-state index contributed by atoms with van der Waals surface area (Å²) in [6, 6.07) is 18.8. The van der Waals surface area contributed by atoms with Gasteiger partial charge in [-0.25, -0.2) is 4.79 Å². The maximum absolute atomic E-state index is 12.2. The number of rotatable bonds is 6. The first-order chi connectivity index (χ1) is 12.6. The van der Waals surface area contributed by atoms with E-state index in [1.165, 1.54) is 13.1 Å². The third-order valence-electron chi connectivity index (χ3n) is 3.75. The monoisotopic (exact) mass is 349 g/mol. The lowest BCUT2D eigenvalue weighted by Gasteiger charge is -2.12. The van der Waals surface area contributed by atoms with Crippen LogP contribution in [0.5, 0.6) is 0 Å². The highest BCUT2D eigenvalue weighted by molar-refractivity contribution is 5.97. The lowest BCUT2D eigenvalue weighted by molar-refractivity contribution is -0.123. The SMILES string of the molecule is CC(OC(=O)c1cnn(Cc2ccccc2)c1)C(=O)Nc1ccccc1. The van der Waals surface area contributed by atoms with E-state index < -0.39 is 12.1 Å². The van der Waals surface area contributed by atoms with Gasteiger partial charge in [0.2, 0.25) is 0 Å². The van der Waals surface area contributed by atoms with E-state index in [1.807, 2.05) is 48.5 Å². The number of benzene rings is 2.